The number of carbonyl (C=O) groups excluding carboxylic acids is 2. The van der Waals surface area contributed by atoms with E-state index in [1.54, 1.807) is 13.8 Å². The van der Waals surface area contributed by atoms with Crippen LogP contribution in [0.3, 0.4) is 0 Å². The molecule has 0 spiro atoms. The molecule has 0 aliphatic heterocycles. The van der Waals surface area contributed by atoms with Crippen LogP contribution in [0.15, 0.2) is 0 Å². The Hall–Kier alpha value is -1.63. The van der Waals surface area contributed by atoms with Crippen LogP contribution in [-0.2, 0) is 23.9 Å². The van der Waals surface area contributed by atoms with E-state index in [1.165, 1.54) is 0 Å². The lowest BCUT2D eigenvalue weighted by Gasteiger charge is -2.21. The third-order valence-corrected chi connectivity index (χ3v) is 4.69. The van der Waals surface area contributed by atoms with Crippen molar-refractivity contribution in [3.63, 3.8) is 0 Å². The molecule has 27 heavy (non-hydrogen) atoms. The molecule has 158 valence electrons. The molecule has 7 nitrogen and oxygen atoms in total. The number of hydrogen-bond acceptors (Lipinski definition) is 6. The summed E-state index contributed by atoms with van der Waals surface area (Å²) in [5.74, 6) is -3.76. The quantitative estimate of drug-likeness (QED) is 0.251. The third-order valence-electron chi connectivity index (χ3n) is 4.69. The Morgan fingerprint density at radius 2 is 1.48 bits per heavy atom. The average Bonchev–Trinajstić information content (AvgIpc) is 2.63. The van der Waals surface area contributed by atoms with E-state index in [-0.39, 0.29) is 13.0 Å². The Morgan fingerprint density at radius 3 is 2.04 bits per heavy atom. The fraction of sp³-hybridized carbons (Fsp3) is 0.850. The number of ether oxygens (including phenoxy) is 2. The number of unbranched alkanes of at least 4 members (excludes halogenated alkanes) is 5. The highest BCUT2D eigenvalue weighted by Crippen LogP contribution is 2.21. The Balaban J connectivity index is 4.22. The van der Waals surface area contributed by atoms with Gasteiger partial charge in [0.05, 0.1) is 5.41 Å². The van der Waals surface area contributed by atoms with E-state index in [2.05, 4.69) is 6.92 Å². The number of aliphatic hydroxyl groups excluding tert-OH is 1. The normalized spacial score (nSPS) is 13.7. The summed E-state index contributed by atoms with van der Waals surface area (Å²) in [6, 6.07) is 0. The van der Waals surface area contributed by atoms with Gasteiger partial charge in [-0.2, -0.15) is 0 Å². The largest absolute Gasteiger partial charge is 0.481 e. The van der Waals surface area contributed by atoms with Gasteiger partial charge in [0.1, 0.15) is 19.3 Å². The maximum atomic E-state index is 12.0. The first-order chi connectivity index (χ1) is 12.7. The van der Waals surface area contributed by atoms with Gasteiger partial charge in [0.25, 0.3) is 0 Å². The van der Waals surface area contributed by atoms with E-state index in [0.717, 1.165) is 32.1 Å². The van der Waals surface area contributed by atoms with E-state index in [4.69, 9.17) is 9.47 Å². The number of carboxylic acids is 1. The van der Waals surface area contributed by atoms with Crippen LogP contribution in [0, 0.1) is 11.3 Å². The molecule has 0 aliphatic rings. The molecule has 0 aromatic heterocycles. The van der Waals surface area contributed by atoms with Crippen LogP contribution in [0.25, 0.3) is 0 Å². The second-order valence-electron chi connectivity index (χ2n) is 7.57. The molecule has 2 unspecified atom stereocenters. The average molecular weight is 389 g/mol. The molecule has 0 saturated heterocycles. The predicted octanol–water partition coefficient (Wildman–Crippen LogP) is 3.32. The number of carboxylic acid groups (broad SMARTS) is 1. The van der Waals surface area contributed by atoms with Crippen molar-refractivity contribution in [1.82, 2.24) is 0 Å². The van der Waals surface area contributed by atoms with Gasteiger partial charge < -0.3 is 19.7 Å². The minimum Gasteiger partial charge on any atom is -0.481 e. The number of esters is 2. The number of hydrogen-bond donors (Lipinski definition) is 2. The monoisotopic (exact) mass is 388 g/mol. The van der Waals surface area contributed by atoms with Crippen molar-refractivity contribution in [3.8, 4) is 0 Å². The number of carbonyl (C=O) groups is 3. The van der Waals surface area contributed by atoms with Crippen molar-refractivity contribution in [2.45, 2.75) is 85.2 Å². The van der Waals surface area contributed by atoms with Crippen molar-refractivity contribution in [2.24, 2.45) is 11.3 Å². The standard InChI is InChI=1S/C20H36O7/c1-5-7-8-9-10-11-12-16(17(22)23)18(24)26-13-15(21)14-27-19(25)20(3,4)6-2/h15-16,21H,5-14H2,1-4H3,(H,22,23). The minimum absolute atomic E-state index is 0.218. The summed E-state index contributed by atoms with van der Waals surface area (Å²) in [5.41, 5.74) is -0.651. The maximum Gasteiger partial charge on any atom is 0.320 e. The Labute approximate surface area is 162 Å². The van der Waals surface area contributed by atoms with E-state index >= 15 is 0 Å². The van der Waals surface area contributed by atoms with Crippen LogP contribution >= 0.6 is 0 Å². The molecule has 0 rings (SSSR count). The van der Waals surface area contributed by atoms with Gasteiger partial charge in [-0.15, -0.1) is 0 Å². The molecule has 0 bridgehead atoms. The third kappa shape index (κ3) is 11.0. The Kier molecular flexibility index (Phi) is 12.7. The molecule has 2 atom stereocenters. The number of rotatable bonds is 15. The number of aliphatic carboxylic acids is 1. The van der Waals surface area contributed by atoms with Gasteiger partial charge in [-0.25, -0.2) is 0 Å². The van der Waals surface area contributed by atoms with Gasteiger partial charge in [0.2, 0.25) is 0 Å². The number of aliphatic hydroxyl groups is 1. The molecular formula is C20H36O7. The summed E-state index contributed by atoms with van der Waals surface area (Å²) >= 11 is 0. The molecule has 0 radical (unpaired) electrons. The zero-order valence-electron chi connectivity index (χ0n) is 17.2. The highest BCUT2D eigenvalue weighted by Gasteiger charge is 2.29. The summed E-state index contributed by atoms with van der Waals surface area (Å²) in [6.45, 7) is 6.75. The highest BCUT2D eigenvalue weighted by molar-refractivity contribution is 5.93. The minimum atomic E-state index is -1.23. The topological polar surface area (TPSA) is 110 Å². The molecular weight excluding hydrogens is 352 g/mol. The van der Waals surface area contributed by atoms with Crippen molar-refractivity contribution in [2.75, 3.05) is 13.2 Å². The van der Waals surface area contributed by atoms with Gasteiger partial charge in [-0.3, -0.25) is 14.4 Å². The summed E-state index contributed by atoms with van der Waals surface area (Å²) in [5, 5.41) is 19.0. The molecule has 0 aromatic carbocycles. The Bertz CT molecular complexity index is 459. The molecule has 0 amide bonds. The van der Waals surface area contributed by atoms with Gasteiger partial charge in [-0.1, -0.05) is 52.4 Å². The molecule has 0 aliphatic carbocycles. The molecule has 2 N–H and O–H groups in total. The molecule has 0 fully saturated rings. The van der Waals surface area contributed by atoms with Crippen LogP contribution in [0.4, 0.5) is 0 Å². The van der Waals surface area contributed by atoms with Crippen molar-refractivity contribution < 1.29 is 34.1 Å². The predicted molar refractivity (Wildman–Crippen MR) is 101 cm³/mol. The molecule has 7 heteroatoms. The first kappa shape index (κ1) is 25.4. The highest BCUT2D eigenvalue weighted by atomic mass is 16.6. The second kappa shape index (κ2) is 13.5. The van der Waals surface area contributed by atoms with Crippen molar-refractivity contribution in [3.05, 3.63) is 0 Å². The summed E-state index contributed by atoms with van der Waals surface area (Å²) in [4.78, 5) is 35.1. The lowest BCUT2D eigenvalue weighted by Crippen LogP contribution is -2.33. The van der Waals surface area contributed by atoms with E-state index < -0.39 is 42.0 Å². The first-order valence-electron chi connectivity index (χ1n) is 9.90. The zero-order valence-corrected chi connectivity index (χ0v) is 17.2. The molecule has 0 aromatic rings. The van der Waals surface area contributed by atoms with Gasteiger partial charge >= 0.3 is 17.9 Å². The zero-order chi connectivity index (χ0) is 20.9. The van der Waals surface area contributed by atoms with Crippen LogP contribution in [0.1, 0.15) is 79.1 Å². The van der Waals surface area contributed by atoms with Crippen LogP contribution in [-0.4, -0.2) is 47.4 Å². The fourth-order valence-corrected chi connectivity index (χ4v) is 2.31. The van der Waals surface area contributed by atoms with E-state index in [9.17, 15) is 24.6 Å². The van der Waals surface area contributed by atoms with E-state index in [0.29, 0.717) is 12.8 Å². The fourth-order valence-electron chi connectivity index (χ4n) is 2.31. The second-order valence-corrected chi connectivity index (χ2v) is 7.57. The lowest BCUT2D eigenvalue weighted by molar-refractivity contribution is -0.164. The summed E-state index contributed by atoms with van der Waals surface area (Å²) in [6.07, 6.45) is 5.57. The Morgan fingerprint density at radius 1 is 0.926 bits per heavy atom. The van der Waals surface area contributed by atoms with Crippen LogP contribution < -0.4 is 0 Å². The van der Waals surface area contributed by atoms with Gasteiger partial charge in [-0.05, 0) is 26.7 Å². The maximum absolute atomic E-state index is 12.0. The molecule has 0 saturated carbocycles. The first-order valence-corrected chi connectivity index (χ1v) is 9.90. The summed E-state index contributed by atoms with van der Waals surface area (Å²) in [7, 11) is 0. The molecule has 0 heterocycles. The van der Waals surface area contributed by atoms with Crippen LogP contribution in [0.5, 0.6) is 0 Å². The SMILES string of the molecule is CCCCCCCCC(C(=O)O)C(=O)OCC(O)COC(=O)C(C)(C)CC. The van der Waals surface area contributed by atoms with Crippen LogP contribution in [0.2, 0.25) is 0 Å². The van der Waals surface area contributed by atoms with Gasteiger partial charge in [0.15, 0.2) is 5.92 Å². The summed E-state index contributed by atoms with van der Waals surface area (Å²) < 4.78 is 9.92. The smallest absolute Gasteiger partial charge is 0.320 e. The lowest BCUT2D eigenvalue weighted by atomic mass is 9.91. The van der Waals surface area contributed by atoms with Crippen molar-refractivity contribution in [1.29, 1.82) is 0 Å². The van der Waals surface area contributed by atoms with Crippen molar-refractivity contribution >= 4 is 17.9 Å². The van der Waals surface area contributed by atoms with E-state index in [1.807, 2.05) is 6.92 Å². The van der Waals surface area contributed by atoms with Gasteiger partial charge in [0, 0.05) is 0 Å².